The molecule has 0 spiro atoms. The molecule has 0 aliphatic heterocycles. The van der Waals surface area contributed by atoms with Crippen LogP contribution in [-0.4, -0.2) is 12.2 Å². The fourth-order valence-electron chi connectivity index (χ4n) is 11.6. The molecule has 0 aliphatic carbocycles. The van der Waals surface area contributed by atoms with Gasteiger partial charge in [0, 0.05) is 7.11 Å². The van der Waals surface area contributed by atoms with Crippen molar-refractivity contribution >= 4 is 44.5 Å². The maximum Gasteiger partial charge on any atom is 0.0319 e. The predicted octanol–water partition coefficient (Wildman–Crippen LogP) is 27.2. The van der Waals surface area contributed by atoms with Gasteiger partial charge in [-0.3, -0.25) is 0 Å². The van der Waals surface area contributed by atoms with Gasteiger partial charge in [-0.25, -0.2) is 0 Å². The minimum absolute atomic E-state index is 0. The van der Waals surface area contributed by atoms with E-state index in [4.69, 9.17) is 5.11 Å². The van der Waals surface area contributed by atoms with Gasteiger partial charge in [0.25, 0.3) is 0 Å². The Morgan fingerprint density at radius 2 is 0.454 bits per heavy atom. The van der Waals surface area contributed by atoms with E-state index < -0.39 is 0 Å². The van der Waals surface area contributed by atoms with Crippen molar-refractivity contribution in [3.8, 4) is 11.1 Å². The number of aliphatic hydroxyl groups is 1. The zero-order valence-electron chi connectivity index (χ0n) is 61.2. The highest BCUT2D eigenvalue weighted by Crippen LogP contribution is 2.34. The fraction of sp³-hybridized carbons (Fsp3) is 0.292. The van der Waals surface area contributed by atoms with Gasteiger partial charge in [0.15, 0.2) is 0 Å². The second kappa shape index (κ2) is 45.5. The van der Waals surface area contributed by atoms with Crippen molar-refractivity contribution in [2.24, 2.45) is 0 Å². The van der Waals surface area contributed by atoms with Crippen LogP contribution in [0.3, 0.4) is 0 Å². The van der Waals surface area contributed by atoms with Crippen LogP contribution in [0.25, 0.3) is 55.6 Å². The van der Waals surface area contributed by atoms with Gasteiger partial charge >= 0.3 is 0 Å². The van der Waals surface area contributed by atoms with E-state index in [0.29, 0.717) is 11.8 Å². The number of hydrogen-bond acceptors (Lipinski definition) is 1. The topological polar surface area (TPSA) is 20.2 Å². The Bertz CT molecular complexity index is 3730. The summed E-state index contributed by atoms with van der Waals surface area (Å²) in [5.74, 6) is 1.32. The summed E-state index contributed by atoms with van der Waals surface area (Å²) < 4.78 is 0. The van der Waals surface area contributed by atoms with Gasteiger partial charge in [-0.15, -0.1) is 0 Å². The third-order valence-corrected chi connectivity index (χ3v) is 17.8. The second-order valence-corrected chi connectivity index (χ2v) is 24.7. The minimum atomic E-state index is 0. The molecule has 0 atom stereocenters. The van der Waals surface area contributed by atoms with Crippen LogP contribution in [0.1, 0.15) is 194 Å². The third-order valence-electron chi connectivity index (χ3n) is 17.8. The second-order valence-electron chi connectivity index (χ2n) is 24.7. The fourth-order valence-corrected chi connectivity index (χ4v) is 11.6. The summed E-state index contributed by atoms with van der Waals surface area (Å²) in [6, 6.07) is 95.9. The highest BCUT2D eigenvalue weighted by molar-refractivity contribution is 6.05. The molecule has 0 unspecified atom stereocenters. The van der Waals surface area contributed by atoms with Gasteiger partial charge in [0.2, 0.25) is 0 Å². The molecule has 97 heavy (non-hydrogen) atoms. The van der Waals surface area contributed by atoms with E-state index in [2.05, 4.69) is 364 Å². The quantitative estimate of drug-likeness (QED) is 0.0801. The van der Waals surface area contributed by atoms with Crippen molar-refractivity contribution in [3.63, 3.8) is 0 Å². The molecule has 0 bridgehead atoms. The molecule has 12 rings (SSSR count). The highest BCUT2D eigenvalue weighted by atomic mass is 16.2. The molecule has 1 nitrogen and oxygen atoms in total. The standard InChI is InChI=1S/C18H18.C18H20.C16H18.C14H16.C10H14.2C9H12.CH4O.CH4/c1-3-13-15-9-5-7-11-17(15)14(4-2)18-12-8-6-10-16(13)18;1-3-15-5-9-17(10-6-15)13-14-18-11-7-16(4-2)8-12-18;1-3-13-5-9-15(10-6-13)16-11-7-14(4-2)8-12-16;1-3-11-9-10-12(4-2)14-8-6-5-7-13(11)14;1-3-9-5-7-10(4-2)8-6-9;2*1-8(2)9-6-4-3-5-7-9;1-2;/h5-12H,3-4H2,1-2H3;5-14H,3-4H2,1-2H3;5-12H,3-4H2,1-2H3;5-10H,3-4H2,1-2H3;5-8H,3-4H2,1-2H3;2*3-8H,1-2H3;2H,1H3;1H4/b;14-13+;;;;;;;. The van der Waals surface area contributed by atoms with Crippen molar-refractivity contribution in [2.75, 3.05) is 7.11 Å². The first kappa shape index (κ1) is 80.6. The van der Waals surface area contributed by atoms with Crippen LogP contribution >= 0.6 is 0 Å². The number of aryl methyl sites for hydroxylation is 10. The Balaban J connectivity index is 0.000000243. The summed E-state index contributed by atoms with van der Waals surface area (Å²) in [5, 5.41) is 15.6. The zero-order chi connectivity index (χ0) is 69.5. The summed E-state index contributed by atoms with van der Waals surface area (Å²) in [7, 11) is 1.00. The number of rotatable bonds is 15. The average Bonchev–Trinajstić information content (AvgIpc) is 0.763. The van der Waals surface area contributed by atoms with E-state index in [1.165, 1.54) is 121 Å². The molecule has 1 heteroatoms. The molecule has 0 amide bonds. The van der Waals surface area contributed by atoms with Crippen molar-refractivity contribution in [2.45, 2.75) is 180 Å². The van der Waals surface area contributed by atoms with E-state index in [0.717, 1.165) is 71.3 Å². The first-order valence-electron chi connectivity index (χ1n) is 35.9. The van der Waals surface area contributed by atoms with Gasteiger partial charge < -0.3 is 5.11 Å². The molecular weight excluding hydrogens is 1170 g/mol. The van der Waals surface area contributed by atoms with Crippen LogP contribution in [0.15, 0.2) is 267 Å². The van der Waals surface area contributed by atoms with Crippen molar-refractivity contribution < 1.29 is 5.11 Å². The summed E-state index contributed by atoms with van der Waals surface area (Å²) >= 11 is 0. The minimum Gasteiger partial charge on any atom is -0.400 e. The van der Waals surface area contributed by atoms with Gasteiger partial charge in [0.1, 0.15) is 0 Å². The van der Waals surface area contributed by atoms with E-state index in [1.807, 2.05) is 12.1 Å². The van der Waals surface area contributed by atoms with E-state index in [9.17, 15) is 0 Å². The summed E-state index contributed by atoms with van der Waals surface area (Å²) in [4.78, 5) is 0. The van der Waals surface area contributed by atoms with Crippen LogP contribution in [0, 0.1) is 0 Å². The Morgan fingerprint density at radius 1 is 0.237 bits per heavy atom. The molecule has 508 valence electrons. The highest BCUT2D eigenvalue weighted by Gasteiger charge is 2.11. The first-order chi connectivity index (χ1) is 46.8. The van der Waals surface area contributed by atoms with Crippen LogP contribution < -0.4 is 0 Å². The summed E-state index contributed by atoms with van der Waals surface area (Å²) in [6.07, 6.45) is 15.4. The lowest BCUT2D eigenvalue weighted by molar-refractivity contribution is 0.399. The predicted molar refractivity (Wildman–Crippen MR) is 435 cm³/mol. The Morgan fingerprint density at radius 3 is 0.660 bits per heavy atom. The molecule has 0 aliphatic rings. The SMILES string of the molecule is C.CC(C)c1ccccc1.CC(C)c1ccccc1.CCc1c2ccccc2c(CC)c2ccccc12.CCc1ccc(-c2ccc(CC)cc2)cc1.CCc1ccc(/C=C/c2ccc(CC)cc2)cc1.CCc1ccc(CC)c2ccccc12.CCc1ccc(CC)cc1.CO. The van der Waals surface area contributed by atoms with Crippen molar-refractivity contribution in [1.82, 2.24) is 0 Å². The summed E-state index contributed by atoms with van der Waals surface area (Å²) in [5.41, 5.74) is 22.3. The van der Waals surface area contributed by atoms with E-state index in [1.54, 1.807) is 0 Å². The largest absolute Gasteiger partial charge is 0.400 e. The Labute approximate surface area is 589 Å². The molecule has 0 saturated carbocycles. The molecule has 0 saturated heterocycles. The monoisotopic (exact) mass is 1290 g/mol. The zero-order valence-corrected chi connectivity index (χ0v) is 61.2. The van der Waals surface area contributed by atoms with Crippen molar-refractivity contribution in [3.05, 3.63) is 345 Å². The van der Waals surface area contributed by atoms with Crippen LogP contribution in [0.4, 0.5) is 0 Å². The maximum absolute atomic E-state index is 7.00. The van der Waals surface area contributed by atoms with E-state index >= 15 is 0 Å². The first-order valence-corrected chi connectivity index (χ1v) is 35.9. The molecule has 1 N–H and O–H groups in total. The molecule has 0 aromatic heterocycles. The molecule has 12 aromatic rings. The third kappa shape index (κ3) is 25.9. The summed E-state index contributed by atoms with van der Waals surface area (Å²) in [6.45, 7) is 30.8. The number of aliphatic hydroxyl groups excluding tert-OH is 1. The molecule has 0 fully saturated rings. The van der Waals surface area contributed by atoms with Gasteiger partial charge in [-0.2, -0.15) is 0 Å². The Kier molecular flexibility index (Phi) is 37.8. The van der Waals surface area contributed by atoms with Crippen LogP contribution in [0.2, 0.25) is 0 Å². The lowest BCUT2D eigenvalue weighted by Gasteiger charge is -2.14. The molecule has 0 heterocycles. The lowest BCUT2D eigenvalue weighted by atomic mass is 9.90. The number of benzene rings is 12. The van der Waals surface area contributed by atoms with E-state index in [-0.39, 0.29) is 7.43 Å². The lowest BCUT2D eigenvalue weighted by Crippen LogP contribution is -1.93. The maximum atomic E-state index is 7.00. The van der Waals surface area contributed by atoms with Gasteiger partial charge in [0.05, 0.1) is 0 Å². The number of fused-ring (bicyclic) bond motifs is 3. The average molecular weight is 1290 g/mol. The number of hydrogen-bond donors (Lipinski definition) is 1. The Hall–Kier alpha value is -8.88. The van der Waals surface area contributed by atoms with Crippen LogP contribution in [0.5, 0.6) is 0 Å². The van der Waals surface area contributed by atoms with Gasteiger partial charge in [-0.1, -0.05) is 383 Å². The van der Waals surface area contributed by atoms with Gasteiger partial charge in [-0.05, 0) is 197 Å². The normalized spacial score (nSPS) is 10.3. The molecule has 0 radical (unpaired) electrons. The van der Waals surface area contributed by atoms with Crippen LogP contribution in [-0.2, 0) is 64.2 Å². The smallest absolute Gasteiger partial charge is 0.0319 e. The van der Waals surface area contributed by atoms with Crippen molar-refractivity contribution in [1.29, 1.82) is 0 Å². The molecular formula is C96H118O. The molecule has 12 aromatic carbocycles.